The van der Waals surface area contributed by atoms with Gasteiger partial charge in [0.1, 0.15) is 29.8 Å². The molecule has 3 aliphatic rings. The zero-order valence-corrected chi connectivity index (χ0v) is 23.1. The number of piperidine rings is 1. The van der Waals surface area contributed by atoms with Gasteiger partial charge in [-0.2, -0.15) is 18.4 Å². The van der Waals surface area contributed by atoms with E-state index in [1.54, 1.807) is 23.5 Å². The molecule has 1 aromatic rings. The van der Waals surface area contributed by atoms with Crippen molar-refractivity contribution >= 4 is 29.4 Å². The molecular formula is C28H31F4N5O4. The Morgan fingerprint density at radius 2 is 1.80 bits per heavy atom. The summed E-state index contributed by atoms with van der Waals surface area (Å²) in [4.78, 5) is 51.7. The first kappa shape index (κ1) is 30.1. The molecule has 1 aliphatic carbocycles. The van der Waals surface area contributed by atoms with Gasteiger partial charge in [0.25, 0.3) is 0 Å². The van der Waals surface area contributed by atoms with Crippen molar-refractivity contribution in [1.82, 2.24) is 15.5 Å². The van der Waals surface area contributed by atoms with Gasteiger partial charge in [0.05, 0.1) is 6.07 Å². The Labute approximate surface area is 234 Å². The molecule has 6 atom stereocenters. The molecule has 3 amide bonds. The first-order valence-electron chi connectivity index (χ1n) is 13.1. The fraction of sp³-hybridized carbons (Fsp3) is 0.571. The van der Waals surface area contributed by atoms with Crippen molar-refractivity contribution in [2.24, 2.45) is 22.7 Å². The largest absolute Gasteiger partial charge is 0.471 e. The molecule has 1 unspecified atom stereocenters. The topological polar surface area (TPSA) is 131 Å². The number of alkyl halides is 4. The van der Waals surface area contributed by atoms with Gasteiger partial charge in [0, 0.05) is 24.2 Å². The number of hydrogen-bond donors (Lipinski definition) is 3. The molecule has 4 rings (SSSR count). The Kier molecular flexibility index (Phi) is 7.24. The third-order valence-electron chi connectivity index (χ3n) is 8.48. The van der Waals surface area contributed by atoms with Crippen molar-refractivity contribution in [1.29, 1.82) is 5.26 Å². The lowest BCUT2D eigenvalue weighted by Gasteiger charge is -2.38. The molecule has 0 radical (unpaired) electrons. The number of hydrogen-bond acceptors (Lipinski definition) is 6. The number of carbonyl (C=O) groups is 3. The van der Waals surface area contributed by atoms with Crippen LogP contribution in [0.1, 0.15) is 46.6 Å². The standard InChI is InChI=1S/C28H31F4N5O4/c1-25(2,3)21(36-24(41)28(30,31)32)23(40)37-12-16-19(26(16,4)5)20(37)22(39)34-14(11-33)10-27(29)15-8-6-7-9-17(15)35-18(27)13-38/h6-9,14,16,19-21,35H,10,12H2,1-5H3,(H,34,39)(H,36,41)/t14-,16-,19-,20-,21+,27?/m0/s1. The minimum absolute atomic E-state index is 0.0582. The molecule has 2 heterocycles. The summed E-state index contributed by atoms with van der Waals surface area (Å²) in [6.07, 6.45) is -5.85. The van der Waals surface area contributed by atoms with E-state index in [0.717, 1.165) is 4.90 Å². The molecule has 2 fully saturated rings. The van der Waals surface area contributed by atoms with Crippen LogP contribution in [0.25, 0.3) is 0 Å². The number of amides is 3. The van der Waals surface area contributed by atoms with E-state index in [4.69, 9.17) is 0 Å². The van der Waals surface area contributed by atoms with Crippen molar-refractivity contribution in [3.8, 4) is 6.07 Å². The second-order valence-electron chi connectivity index (χ2n) is 12.5. The van der Waals surface area contributed by atoms with E-state index in [2.05, 4.69) is 10.6 Å². The number of rotatable bonds is 6. The number of fused-ring (bicyclic) bond motifs is 2. The Balaban J connectivity index is 1.59. The molecule has 0 aromatic heterocycles. The van der Waals surface area contributed by atoms with E-state index in [-0.39, 0.29) is 29.4 Å². The molecule has 3 N–H and O–H groups in total. The molecule has 2 aliphatic heterocycles. The molecule has 0 spiro atoms. The summed E-state index contributed by atoms with van der Waals surface area (Å²) in [6, 6.07) is 3.81. The summed E-state index contributed by atoms with van der Waals surface area (Å²) in [5.41, 5.74) is -3.99. The minimum Gasteiger partial charge on any atom is -0.347 e. The molecular weight excluding hydrogens is 546 g/mol. The summed E-state index contributed by atoms with van der Waals surface area (Å²) in [6.45, 7) is 8.29. The van der Waals surface area contributed by atoms with Gasteiger partial charge >= 0.3 is 12.1 Å². The number of nitrogens with one attached hydrogen (secondary N) is 3. The van der Waals surface area contributed by atoms with E-state index in [1.165, 1.54) is 32.8 Å². The zero-order chi connectivity index (χ0) is 30.7. The van der Waals surface area contributed by atoms with Crippen LogP contribution >= 0.6 is 0 Å². The highest BCUT2D eigenvalue weighted by atomic mass is 19.4. The lowest BCUT2D eigenvalue weighted by Crippen LogP contribution is -2.61. The van der Waals surface area contributed by atoms with Gasteiger partial charge in [0.15, 0.2) is 5.67 Å². The first-order valence-corrected chi connectivity index (χ1v) is 13.1. The maximum Gasteiger partial charge on any atom is 0.471 e. The fourth-order valence-corrected chi connectivity index (χ4v) is 6.13. The third-order valence-corrected chi connectivity index (χ3v) is 8.48. The minimum atomic E-state index is -5.22. The SMILES string of the molecule is CC(C)(C)[C@H](NC(=O)C(F)(F)F)C(=O)N1C[C@H]2[C@@H]([C@H]1C(=O)N[C@H](C#N)CC1(F)C(=C=O)Nc3ccccc31)C2(C)C. The summed E-state index contributed by atoms with van der Waals surface area (Å²) in [5, 5.41) is 16.7. The predicted octanol–water partition coefficient (Wildman–Crippen LogP) is 2.97. The average molecular weight is 578 g/mol. The molecule has 0 bridgehead atoms. The molecule has 1 saturated heterocycles. The third kappa shape index (κ3) is 5.17. The average Bonchev–Trinajstić information content (AvgIpc) is 3.17. The highest BCUT2D eigenvalue weighted by Gasteiger charge is 2.70. The van der Waals surface area contributed by atoms with Crippen LogP contribution in [0.3, 0.4) is 0 Å². The number of benzene rings is 1. The summed E-state index contributed by atoms with van der Waals surface area (Å²) in [7, 11) is 0. The Morgan fingerprint density at radius 3 is 2.37 bits per heavy atom. The predicted molar refractivity (Wildman–Crippen MR) is 138 cm³/mol. The van der Waals surface area contributed by atoms with Crippen LogP contribution in [0.15, 0.2) is 30.0 Å². The Morgan fingerprint density at radius 1 is 1.17 bits per heavy atom. The summed E-state index contributed by atoms with van der Waals surface area (Å²) < 4.78 is 55.4. The molecule has 1 aromatic carbocycles. The van der Waals surface area contributed by atoms with E-state index in [0.29, 0.717) is 5.69 Å². The van der Waals surface area contributed by atoms with Gasteiger partial charge in [-0.15, -0.1) is 0 Å². The van der Waals surface area contributed by atoms with Gasteiger partial charge in [-0.3, -0.25) is 14.4 Å². The van der Waals surface area contributed by atoms with Gasteiger partial charge < -0.3 is 20.9 Å². The maximum atomic E-state index is 16.2. The monoisotopic (exact) mass is 577 g/mol. The molecule has 41 heavy (non-hydrogen) atoms. The van der Waals surface area contributed by atoms with Gasteiger partial charge in [-0.25, -0.2) is 9.18 Å². The van der Waals surface area contributed by atoms with Crippen LogP contribution < -0.4 is 16.0 Å². The Hall–Kier alpha value is -3.91. The fourth-order valence-electron chi connectivity index (χ4n) is 6.13. The van der Waals surface area contributed by atoms with E-state index < -0.39 is 65.2 Å². The number of anilines is 1. The Bertz CT molecular complexity index is 1370. The normalized spacial score (nSPS) is 27.4. The second kappa shape index (κ2) is 9.87. The van der Waals surface area contributed by atoms with Crippen LogP contribution in [-0.4, -0.2) is 59.4 Å². The van der Waals surface area contributed by atoms with Crippen LogP contribution in [0.4, 0.5) is 23.2 Å². The van der Waals surface area contributed by atoms with Crippen LogP contribution in [0.2, 0.25) is 0 Å². The van der Waals surface area contributed by atoms with Crippen molar-refractivity contribution in [2.45, 2.75) is 71.0 Å². The van der Waals surface area contributed by atoms with E-state index in [1.807, 2.05) is 19.9 Å². The van der Waals surface area contributed by atoms with Gasteiger partial charge in [-0.1, -0.05) is 52.8 Å². The highest BCUT2D eigenvalue weighted by Crippen LogP contribution is 2.65. The highest BCUT2D eigenvalue weighted by molar-refractivity contribution is 5.95. The number of para-hydroxylation sites is 1. The van der Waals surface area contributed by atoms with Crippen LogP contribution in [0.5, 0.6) is 0 Å². The van der Waals surface area contributed by atoms with Gasteiger partial charge in [0.2, 0.25) is 11.8 Å². The summed E-state index contributed by atoms with van der Waals surface area (Å²) in [5.74, 6) is -2.92. The van der Waals surface area contributed by atoms with Crippen molar-refractivity contribution in [3.05, 3.63) is 35.5 Å². The molecule has 13 heteroatoms. The lowest BCUT2D eigenvalue weighted by molar-refractivity contribution is -0.176. The van der Waals surface area contributed by atoms with E-state index in [9.17, 15) is 37.6 Å². The van der Waals surface area contributed by atoms with E-state index >= 15 is 4.39 Å². The smallest absolute Gasteiger partial charge is 0.347 e. The number of nitriles is 1. The van der Waals surface area contributed by atoms with Crippen LogP contribution in [-0.2, 0) is 24.8 Å². The van der Waals surface area contributed by atoms with Crippen LogP contribution in [0, 0.1) is 34.0 Å². The number of halogens is 4. The lowest BCUT2D eigenvalue weighted by atomic mass is 9.85. The van der Waals surface area contributed by atoms with Crippen molar-refractivity contribution in [3.63, 3.8) is 0 Å². The number of likely N-dealkylation sites (tertiary alicyclic amines) is 1. The first-order chi connectivity index (χ1) is 18.9. The molecule has 9 nitrogen and oxygen atoms in total. The second-order valence-corrected chi connectivity index (χ2v) is 12.5. The number of carbonyl (C=O) groups excluding carboxylic acids is 4. The van der Waals surface area contributed by atoms with Gasteiger partial charge in [-0.05, 0) is 28.7 Å². The summed E-state index contributed by atoms with van der Waals surface area (Å²) >= 11 is 0. The number of nitrogens with zero attached hydrogens (tertiary/aromatic N) is 2. The maximum absolute atomic E-state index is 16.2. The van der Waals surface area contributed by atoms with Crippen molar-refractivity contribution < 1.29 is 36.7 Å². The zero-order valence-electron chi connectivity index (χ0n) is 23.1. The molecule has 220 valence electrons. The number of allylic oxidation sites excluding steroid dienone is 1. The quantitative estimate of drug-likeness (QED) is 0.352. The molecule has 1 saturated carbocycles. The van der Waals surface area contributed by atoms with Crippen molar-refractivity contribution in [2.75, 3.05) is 11.9 Å².